The molecule has 0 saturated heterocycles. The van der Waals surface area contributed by atoms with Gasteiger partial charge in [-0.1, -0.05) is 31.2 Å². The molecule has 78 valence electrons. The fourth-order valence-electron chi connectivity index (χ4n) is 1.49. The number of nitrogens with one attached hydrogen (secondary N) is 1. The molecule has 2 heteroatoms. The second kappa shape index (κ2) is 5.78. The third-order valence-electron chi connectivity index (χ3n) is 2.43. The summed E-state index contributed by atoms with van der Waals surface area (Å²) in [6.07, 6.45) is 1.25. The van der Waals surface area contributed by atoms with E-state index in [1.54, 1.807) is 7.11 Å². The monoisotopic (exact) mass is 193 g/mol. The fraction of sp³-hybridized carbons (Fsp3) is 0.500. The normalized spacial score (nSPS) is 12.8. The van der Waals surface area contributed by atoms with E-state index in [2.05, 4.69) is 36.5 Å². The molecule has 0 radical (unpaired) electrons. The van der Waals surface area contributed by atoms with Gasteiger partial charge in [0.25, 0.3) is 0 Å². The minimum absolute atomic E-state index is 0.158. The van der Waals surface area contributed by atoms with E-state index in [0.717, 1.165) is 13.0 Å². The molecular formula is C12H19NO. The first-order chi connectivity index (χ1) is 6.81. The van der Waals surface area contributed by atoms with E-state index in [1.807, 2.05) is 7.05 Å². The first-order valence-electron chi connectivity index (χ1n) is 5.08. The van der Waals surface area contributed by atoms with Gasteiger partial charge in [0.2, 0.25) is 0 Å². The van der Waals surface area contributed by atoms with Crippen molar-refractivity contribution < 1.29 is 4.74 Å². The van der Waals surface area contributed by atoms with Gasteiger partial charge in [0.1, 0.15) is 0 Å². The average Bonchev–Trinajstić information content (AvgIpc) is 2.26. The molecule has 2 nitrogen and oxygen atoms in total. The highest BCUT2D eigenvalue weighted by Gasteiger charge is 2.08. The molecule has 0 aliphatic carbocycles. The lowest BCUT2D eigenvalue weighted by Gasteiger charge is -2.15. The van der Waals surface area contributed by atoms with E-state index >= 15 is 0 Å². The molecule has 0 aliphatic rings. The maximum atomic E-state index is 5.39. The number of likely N-dealkylation sites (N-methyl/N-ethyl adjacent to an activating group) is 1. The molecule has 0 spiro atoms. The summed E-state index contributed by atoms with van der Waals surface area (Å²) in [6.45, 7) is 3.01. The van der Waals surface area contributed by atoms with Crippen molar-refractivity contribution in [3.8, 4) is 0 Å². The summed E-state index contributed by atoms with van der Waals surface area (Å²) in [6, 6.07) is 8.61. The summed E-state index contributed by atoms with van der Waals surface area (Å²) in [5.74, 6) is 0. The molecule has 0 fully saturated rings. The van der Waals surface area contributed by atoms with Gasteiger partial charge in [0, 0.05) is 13.7 Å². The Morgan fingerprint density at radius 1 is 1.29 bits per heavy atom. The van der Waals surface area contributed by atoms with Crippen LogP contribution in [0.4, 0.5) is 0 Å². The molecule has 0 bridgehead atoms. The zero-order valence-corrected chi connectivity index (χ0v) is 9.21. The van der Waals surface area contributed by atoms with Crippen LogP contribution in [-0.4, -0.2) is 20.7 Å². The molecular weight excluding hydrogens is 174 g/mol. The van der Waals surface area contributed by atoms with Crippen molar-refractivity contribution in [1.82, 2.24) is 5.32 Å². The Hall–Kier alpha value is -0.860. The zero-order valence-electron chi connectivity index (χ0n) is 9.21. The van der Waals surface area contributed by atoms with Crippen LogP contribution in [0.5, 0.6) is 0 Å². The number of hydrogen-bond acceptors (Lipinski definition) is 2. The minimum atomic E-state index is 0.158. The average molecular weight is 193 g/mol. The molecule has 1 N–H and O–H groups in total. The van der Waals surface area contributed by atoms with Crippen LogP contribution in [0.15, 0.2) is 24.3 Å². The minimum Gasteiger partial charge on any atom is -0.375 e. The summed E-state index contributed by atoms with van der Waals surface area (Å²) >= 11 is 0. The molecule has 1 atom stereocenters. The maximum absolute atomic E-state index is 5.39. The highest BCUT2D eigenvalue weighted by Crippen LogP contribution is 2.16. The highest BCUT2D eigenvalue weighted by atomic mass is 16.5. The van der Waals surface area contributed by atoms with Gasteiger partial charge in [0.15, 0.2) is 0 Å². The fourth-order valence-corrected chi connectivity index (χ4v) is 1.49. The van der Waals surface area contributed by atoms with Crippen LogP contribution in [0.1, 0.15) is 24.2 Å². The Morgan fingerprint density at radius 2 is 1.93 bits per heavy atom. The van der Waals surface area contributed by atoms with E-state index < -0.39 is 0 Å². The van der Waals surface area contributed by atoms with Crippen molar-refractivity contribution in [3.05, 3.63) is 35.4 Å². The van der Waals surface area contributed by atoms with Gasteiger partial charge in [-0.2, -0.15) is 0 Å². The van der Waals surface area contributed by atoms with Crippen LogP contribution < -0.4 is 5.32 Å². The maximum Gasteiger partial charge on any atom is 0.0945 e. The summed E-state index contributed by atoms with van der Waals surface area (Å²) < 4.78 is 5.39. The van der Waals surface area contributed by atoms with Crippen LogP contribution in [0, 0.1) is 0 Å². The molecule has 1 unspecified atom stereocenters. The zero-order chi connectivity index (χ0) is 10.4. The van der Waals surface area contributed by atoms with Crippen LogP contribution in [0.25, 0.3) is 0 Å². The van der Waals surface area contributed by atoms with Gasteiger partial charge in [-0.05, 0) is 24.6 Å². The lowest BCUT2D eigenvalue weighted by atomic mass is 10.1. The Balaban J connectivity index is 2.73. The predicted octanol–water partition coefficient (Wildman–Crippen LogP) is 2.16. The third kappa shape index (κ3) is 2.82. The number of hydrogen-bond donors (Lipinski definition) is 1. The van der Waals surface area contributed by atoms with Gasteiger partial charge >= 0.3 is 0 Å². The van der Waals surface area contributed by atoms with Crippen molar-refractivity contribution >= 4 is 0 Å². The standard InChI is InChI=1S/C12H19NO/c1-4-10-5-7-11(8-6-10)12(14-3)9-13-2/h5-8,12-13H,4,9H2,1-3H3. The van der Waals surface area contributed by atoms with Gasteiger partial charge in [-0.3, -0.25) is 0 Å². The lowest BCUT2D eigenvalue weighted by molar-refractivity contribution is 0.104. The predicted molar refractivity (Wildman–Crippen MR) is 59.5 cm³/mol. The molecule has 1 aromatic rings. The quantitative estimate of drug-likeness (QED) is 0.773. The van der Waals surface area contributed by atoms with Gasteiger partial charge < -0.3 is 10.1 Å². The Bertz CT molecular complexity index is 256. The van der Waals surface area contributed by atoms with E-state index in [4.69, 9.17) is 4.74 Å². The molecule has 0 amide bonds. The molecule has 1 aromatic carbocycles. The summed E-state index contributed by atoms with van der Waals surface area (Å²) in [5.41, 5.74) is 2.60. The van der Waals surface area contributed by atoms with Gasteiger partial charge in [0.05, 0.1) is 6.10 Å². The number of rotatable bonds is 5. The number of aryl methyl sites for hydroxylation is 1. The summed E-state index contributed by atoms with van der Waals surface area (Å²) in [4.78, 5) is 0. The van der Waals surface area contributed by atoms with Crippen molar-refractivity contribution in [3.63, 3.8) is 0 Å². The Labute approximate surface area is 86.3 Å². The molecule has 14 heavy (non-hydrogen) atoms. The van der Waals surface area contributed by atoms with E-state index in [1.165, 1.54) is 11.1 Å². The summed E-state index contributed by atoms with van der Waals surface area (Å²) in [5, 5.41) is 3.12. The Kier molecular flexibility index (Phi) is 4.63. The third-order valence-corrected chi connectivity index (χ3v) is 2.43. The van der Waals surface area contributed by atoms with E-state index in [9.17, 15) is 0 Å². The molecule has 0 saturated carbocycles. The molecule has 0 aliphatic heterocycles. The van der Waals surface area contributed by atoms with Crippen molar-refractivity contribution in [1.29, 1.82) is 0 Å². The largest absolute Gasteiger partial charge is 0.375 e. The van der Waals surface area contributed by atoms with Crippen molar-refractivity contribution in [2.24, 2.45) is 0 Å². The molecule has 1 rings (SSSR count). The van der Waals surface area contributed by atoms with Gasteiger partial charge in [-0.15, -0.1) is 0 Å². The van der Waals surface area contributed by atoms with Crippen molar-refractivity contribution in [2.45, 2.75) is 19.4 Å². The highest BCUT2D eigenvalue weighted by molar-refractivity contribution is 5.24. The van der Waals surface area contributed by atoms with E-state index in [0.29, 0.717) is 0 Å². The smallest absolute Gasteiger partial charge is 0.0945 e. The van der Waals surface area contributed by atoms with Crippen LogP contribution in [0.3, 0.4) is 0 Å². The first kappa shape index (κ1) is 11.2. The first-order valence-corrected chi connectivity index (χ1v) is 5.08. The number of benzene rings is 1. The van der Waals surface area contributed by atoms with Crippen LogP contribution in [-0.2, 0) is 11.2 Å². The van der Waals surface area contributed by atoms with Gasteiger partial charge in [-0.25, -0.2) is 0 Å². The number of methoxy groups -OCH3 is 1. The number of ether oxygens (including phenoxy) is 1. The van der Waals surface area contributed by atoms with Crippen molar-refractivity contribution in [2.75, 3.05) is 20.7 Å². The Morgan fingerprint density at radius 3 is 2.36 bits per heavy atom. The molecule has 0 heterocycles. The summed E-state index contributed by atoms with van der Waals surface area (Å²) in [7, 11) is 3.68. The van der Waals surface area contributed by atoms with E-state index in [-0.39, 0.29) is 6.10 Å². The lowest BCUT2D eigenvalue weighted by Crippen LogP contribution is -2.18. The topological polar surface area (TPSA) is 21.3 Å². The van der Waals surface area contributed by atoms with Crippen LogP contribution in [0.2, 0.25) is 0 Å². The second-order valence-electron chi connectivity index (χ2n) is 3.38. The van der Waals surface area contributed by atoms with Crippen LogP contribution >= 0.6 is 0 Å². The SMILES string of the molecule is CCc1ccc(C(CNC)OC)cc1. The second-order valence-corrected chi connectivity index (χ2v) is 3.38. The molecule has 0 aromatic heterocycles.